The maximum Gasteiger partial charge on any atom is 0.200 e. The number of pyridine rings is 1. The van der Waals surface area contributed by atoms with Gasteiger partial charge in [-0.3, -0.25) is 4.98 Å². The summed E-state index contributed by atoms with van der Waals surface area (Å²) >= 11 is 0. The molecule has 1 aliphatic heterocycles. The van der Waals surface area contributed by atoms with Gasteiger partial charge in [-0.2, -0.15) is 0 Å². The lowest BCUT2D eigenvalue weighted by molar-refractivity contribution is -0.153. The Bertz CT molecular complexity index is 587. The zero-order chi connectivity index (χ0) is 20.4. The van der Waals surface area contributed by atoms with Crippen LogP contribution < -0.4 is 5.73 Å². The minimum atomic E-state index is -2.05. The van der Waals surface area contributed by atoms with Crippen LogP contribution in [0.2, 0.25) is 16.6 Å². The van der Waals surface area contributed by atoms with E-state index in [1.165, 1.54) is 0 Å². The molecule has 0 spiro atoms. The predicted molar refractivity (Wildman–Crippen MR) is 113 cm³/mol. The molecule has 2 rings (SSSR count). The molecule has 0 aromatic carbocycles. The summed E-state index contributed by atoms with van der Waals surface area (Å²) in [5, 5.41) is 10.1. The van der Waals surface area contributed by atoms with Gasteiger partial charge in [-0.05, 0) is 35.0 Å². The largest absolute Gasteiger partial charge is 0.410 e. The molecule has 0 amide bonds. The molecule has 3 N–H and O–H groups in total. The number of rotatable bonds is 7. The Kier molecular flexibility index (Phi) is 7.47. The average molecular weight is 395 g/mol. The number of aliphatic hydroxyl groups excluding tert-OH is 1. The van der Waals surface area contributed by atoms with Gasteiger partial charge in [0.2, 0.25) is 8.32 Å². The molecule has 1 fully saturated rings. The van der Waals surface area contributed by atoms with Crippen molar-refractivity contribution in [3.05, 3.63) is 24.0 Å². The fourth-order valence-electron chi connectivity index (χ4n) is 5.08. The number of hydrogen-bond acceptors (Lipinski definition) is 5. The van der Waals surface area contributed by atoms with Crippen LogP contribution in [0.5, 0.6) is 0 Å². The first-order valence-electron chi connectivity index (χ1n) is 10.3. The first-order valence-corrected chi connectivity index (χ1v) is 12.4. The van der Waals surface area contributed by atoms with Crippen molar-refractivity contribution < 1.29 is 14.3 Å². The van der Waals surface area contributed by atoms with E-state index in [1.54, 1.807) is 12.4 Å². The van der Waals surface area contributed by atoms with Gasteiger partial charge < -0.3 is 20.0 Å². The Morgan fingerprint density at radius 2 is 1.81 bits per heavy atom. The van der Waals surface area contributed by atoms with Crippen molar-refractivity contribution in [2.75, 3.05) is 12.3 Å². The average Bonchev–Trinajstić information content (AvgIpc) is 2.59. The van der Waals surface area contributed by atoms with Gasteiger partial charge in [0.25, 0.3) is 0 Å². The first-order chi connectivity index (χ1) is 12.6. The molecule has 2 heterocycles. The van der Waals surface area contributed by atoms with Crippen LogP contribution in [0.4, 0.5) is 5.69 Å². The van der Waals surface area contributed by atoms with Gasteiger partial charge in [0.05, 0.1) is 30.7 Å². The number of nitrogens with zero attached hydrogens (tertiary/aromatic N) is 1. The third kappa shape index (κ3) is 4.39. The van der Waals surface area contributed by atoms with E-state index in [0.29, 0.717) is 22.3 Å². The highest BCUT2D eigenvalue weighted by atomic mass is 28.4. The molecule has 1 saturated heterocycles. The molecule has 0 aliphatic carbocycles. The second kappa shape index (κ2) is 9.03. The second-order valence-corrected chi connectivity index (χ2v) is 14.4. The lowest BCUT2D eigenvalue weighted by Gasteiger charge is -2.49. The van der Waals surface area contributed by atoms with Gasteiger partial charge in [0, 0.05) is 11.8 Å². The third-order valence-corrected chi connectivity index (χ3v) is 12.4. The van der Waals surface area contributed by atoms with Gasteiger partial charge in [-0.25, -0.2) is 0 Å². The molecular formula is C21H38N2O3Si. The minimum Gasteiger partial charge on any atom is -0.410 e. The molecule has 1 aromatic rings. The Labute approximate surface area is 165 Å². The molecule has 1 aromatic heterocycles. The van der Waals surface area contributed by atoms with Crippen molar-refractivity contribution in [2.24, 2.45) is 5.92 Å². The van der Waals surface area contributed by atoms with Crippen LogP contribution in [-0.4, -0.2) is 37.2 Å². The van der Waals surface area contributed by atoms with Crippen molar-refractivity contribution in [1.29, 1.82) is 0 Å². The molecule has 0 saturated carbocycles. The Balaban J connectivity index is 2.29. The Morgan fingerprint density at radius 1 is 1.22 bits per heavy atom. The van der Waals surface area contributed by atoms with E-state index in [2.05, 4.69) is 53.5 Å². The summed E-state index contributed by atoms with van der Waals surface area (Å²) in [6.45, 7) is 15.9. The first kappa shape index (κ1) is 22.3. The predicted octanol–water partition coefficient (Wildman–Crippen LogP) is 4.68. The topological polar surface area (TPSA) is 77.6 Å². The molecular weight excluding hydrogens is 356 g/mol. The van der Waals surface area contributed by atoms with E-state index < -0.39 is 8.32 Å². The fraction of sp³-hybridized carbons (Fsp3) is 0.762. The number of aliphatic hydroxyl groups is 1. The van der Waals surface area contributed by atoms with Crippen molar-refractivity contribution in [3.8, 4) is 0 Å². The SMILES string of the molecule is CC(C)[Si](O[C@H]1[C@H](C)C[C@H](c2ccncc2N)O[C@@H]1CO)(C(C)C)C(C)C. The van der Waals surface area contributed by atoms with E-state index in [0.717, 1.165) is 12.0 Å². The smallest absolute Gasteiger partial charge is 0.200 e. The normalized spacial score (nSPS) is 26.9. The highest BCUT2D eigenvalue weighted by Crippen LogP contribution is 2.46. The summed E-state index contributed by atoms with van der Waals surface area (Å²) in [6, 6.07) is 1.91. The lowest BCUT2D eigenvalue weighted by atomic mass is 9.88. The van der Waals surface area contributed by atoms with Crippen LogP contribution in [-0.2, 0) is 9.16 Å². The molecule has 6 heteroatoms. The molecule has 154 valence electrons. The van der Waals surface area contributed by atoms with Crippen molar-refractivity contribution >= 4 is 14.0 Å². The molecule has 27 heavy (non-hydrogen) atoms. The van der Waals surface area contributed by atoms with Crippen LogP contribution >= 0.6 is 0 Å². The number of anilines is 1. The highest BCUT2D eigenvalue weighted by Gasteiger charge is 2.50. The number of ether oxygens (including phenoxy) is 1. The van der Waals surface area contributed by atoms with Gasteiger partial charge in [0.1, 0.15) is 6.10 Å². The molecule has 0 bridgehead atoms. The highest BCUT2D eigenvalue weighted by molar-refractivity contribution is 6.77. The van der Waals surface area contributed by atoms with E-state index >= 15 is 0 Å². The molecule has 0 unspecified atom stereocenters. The zero-order valence-electron chi connectivity index (χ0n) is 18.0. The zero-order valence-corrected chi connectivity index (χ0v) is 19.0. The maximum atomic E-state index is 10.1. The van der Waals surface area contributed by atoms with Crippen molar-refractivity contribution in [2.45, 2.75) is 89.8 Å². The van der Waals surface area contributed by atoms with Crippen LogP contribution in [0.25, 0.3) is 0 Å². The monoisotopic (exact) mass is 394 g/mol. The van der Waals surface area contributed by atoms with Crippen LogP contribution in [0.15, 0.2) is 18.5 Å². The van der Waals surface area contributed by atoms with E-state index in [9.17, 15) is 5.11 Å². The van der Waals surface area contributed by atoms with Gasteiger partial charge in [-0.1, -0.05) is 48.5 Å². The van der Waals surface area contributed by atoms with Crippen LogP contribution in [0.1, 0.15) is 66.6 Å². The maximum absolute atomic E-state index is 10.1. The standard InChI is InChI=1S/C21H38N2O3Si/c1-13(2)27(14(3)4,15(5)6)26-21-16(7)10-19(25-20(21)12-24)17-8-9-23-11-18(17)22/h8-9,11,13-16,19-21,24H,10,12,22H2,1-7H3/t16-,19-,20-,21+/m1/s1. The van der Waals surface area contributed by atoms with Crippen molar-refractivity contribution in [1.82, 2.24) is 4.98 Å². The van der Waals surface area contributed by atoms with E-state index in [4.69, 9.17) is 14.9 Å². The van der Waals surface area contributed by atoms with Crippen LogP contribution in [0.3, 0.4) is 0 Å². The molecule has 1 aliphatic rings. The summed E-state index contributed by atoms with van der Waals surface area (Å²) in [6.07, 6.45) is 3.67. The Hall–Kier alpha value is -0.953. The summed E-state index contributed by atoms with van der Waals surface area (Å²) < 4.78 is 13.3. The minimum absolute atomic E-state index is 0.0464. The number of aromatic nitrogens is 1. The quantitative estimate of drug-likeness (QED) is 0.656. The van der Waals surface area contributed by atoms with Gasteiger partial charge in [-0.15, -0.1) is 0 Å². The molecule has 0 radical (unpaired) electrons. The number of nitrogens with two attached hydrogens (primary N) is 1. The van der Waals surface area contributed by atoms with Crippen molar-refractivity contribution in [3.63, 3.8) is 0 Å². The van der Waals surface area contributed by atoms with E-state index in [-0.39, 0.29) is 30.8 Å². The van der Waals surface area contributed by atoms with E-state index in [1.807, 2.05) is 6.07 Å². The third-order valence-electron chi connectivity index (χ3n) is 6.31. The second-order valence-electron chi connectivity index (χ2n) is 8.96. The summed E-state index contributed by atoms with van der Waals surface area (Å²) in [5.41, 5.74) is 9.20. The summed E-state index contributed by atoms with van der Waals surface area (Å²) in [7, 11) is -2.05. The van der Waals surface area contributed by atoms with Crippen LogP contribution in [0, 0.1) is 5.92 Å². The molecule has 5 nitrogen and oxygen atoms in total. The lowest BCUT2D eigenvalue weighted by Crippen LogP contribution is -2.56. The summed E-state index contributed by atoms with van der Waals surface area (Å²) in [5.74, 6) is 0.275. The number of hydrogen-bond donors (Lipinski definition) is 2. The summed E-state index contributed by atoms with van der Waals surface area (Å²) in [4.78, 5) is 4.07. The fourth-order valence-corrected chi connectivity index (χ4v) is 10.7. The molecule has 4 atom stereocenters. The van der Waals surface area contributed by atoms with Gasteiger partial charge >= 0.3 is 0 Å². The Morgan fingerprint density at radius 3 is 2.30 bits per heavy atom. The number of nitrogen functional groups attached to an aromatic ring is 1. The van der Waals surface area contributed by atoms with Gasteiger partial charge in [0.15, 0.2) is 0 Å².